The molecule has 4 rings (SSSR count). The first kappa shape index (κ1) is 14.5. The number of hydrogen-bond donors (Lipinski definition) is 0. The third kappa shape index (κ3) is 2.33. The third-order valence-corrected chi connectivity index (χ3v) is 4.38. The summed E-state index contributed by atoms with van der Waals surface area (Å²) in [4.78, 5) is 11.9. The molecule has 0 aliphatic heterocycles. The van der Waals surface area contributed by atoms with Crippen LogP contribution in [0, 0.1) is 0 Å². The molecule has 116 valence electrons. The van der Waals surface area contributed by atoms with E-state index in [0.29, 0.717) is 5.56 Å². The molecule has 0 saturated heterocycles. The normalized spacial score (nSPS) is 10.9. The van der Waals surface area contributed by atoms with Gasteiger partial charge in [0, 0.05) is 0 Å². The minimum atomic E-state index is -0.315. The average molecular weight is 312 g/mol. The van der Waals surface area contributed by atoms with Crippen LogP contribution in [0.5, 0.6) is 0 Å². The SMILES string of the molecule is COC(=O)c1ccc2cccc(-c3cccc4ccccc34)c2c1. The number of hydrogen-bond acceptors (Lipinski definition) is 2. The van der Waals surface area contributed by atoms with E-state index in [2.05, 4.69) is 54.6 Å². The summed E-state index contributed by atoms with van der Waals surface area (Å²) in [6, 6.07) is 26.6. The van der Waals surface area contributed by atoms with Gasteiger partial charge in [-0.05, 0) is 44.8 Å². The van der Waals surface area contributed by atoms with Gasteiger partial charge in [0.05, 0.1) is 12.7 Å². The van der Waals surface area contributed by atoms with E-state index in [1.165, 1.54) is 23.4 Å². The average Bonchev–Trinajstić information content (AvgIpc) is 2.66. The van der Waals surface area contributed by atoms with Crippen molar-refractivity contribution < 1.29 is 9.53 Å². The summed E-state index contributed by atoms with van der Waals surface area (Å²) in [7, 11) is 1.41. The van der Waals surface area contributed by atoms with Crippen molar-refractivity contribution in [1.82, 2.24) is 0 Å². The van der Waals surface area contributed by atoms with Crippen molar-refractivity contribution in [2.45, 2.75) is 0 Å². The molecule has 0 fully saturated rings. The second kappa shape index (κ2) is 5.82. The lowest BCUT2D eigenvalue weighted by Crippen LogP contribution is -2.00. The Morgan fingerprint density at radius 3 is 2.08 bits per heavy atom. The van der Waals surface area contributed by atoms with Crippen molar-refractivity contribution in [3.05, 3.63) is 84.4 Å². The molecule has 2 nitrogen and oxygen atoms in total. The molecule has 0 aliphatic carbocycles. The Morgan fingerprint density at radius 2 is 1.33 bits per heavy atom. The number of fused-ring (bicyclic) bond motifs is 2. The van der Waals surface area contributed by atoms with Crippen LogP contribution < -0.4 is 0 Å². The maximum absolute atomic E-state index is 11.9. The van der Waals surface area contributed by atoms with E-state index >= 15 is 0 Å². The summed E-state index contributed by atoms with van der Waals surface area (Å²) in [6.45, 7) is 0. The zero-order chi connectivity index (χ0) is 16.5. The largest absolute Gasteiger partial charge is 0.465 e. The molecule has 4 aromatic rings. The molecular weight excluding hydrogens is 296 g/mol. The van der Waals surface area contributed by atoms with Gasteiger partial charge in [-0.15, -0.1) is 0 Å². The van der Waals surface area contributed by atoms with Crippen molar-refractivity contribution in [3.63, 3.8) is 0 Å². The van der Waals surface area contributed by atoms with Crippen molar-refractivity contribution >= 4 is 27.5 Å². The van der Waals surface area contributed by atoms with Gasteiger partial charge in [0.2, 0.25) is 0 Å². The Balaban J connectivity index is 2.03. The summed E-state index contributed by atoms with van der Waals surface area (Å²) < 4.78 is 4.86. The first-order valence-corrected chi connectivity index (χ1v) is 7.87. The van der Waals surface area contributed by atoms with E-state index in [1.54, 1.807) is 6.07 Å². The lowest BCUT2D eigenvalue weighted by Gasteiger charge is -2.11. The number of methoxy groups -OCH3 is 1. The van der Waals surface area contributed by atoms with Crippen molar-refractivity contribution in [2.75, 3.05) is 7.11 Å². The van der Waals surface area contributed by atoms with Gasteiger partial charge in [0.1, 0.15) is 0 Å². The van der Waals surface area contributed by atoms with Gasteiger partial charge in [-0.2, -0.15) is 0 Å². The number of rotatable bonds is 2. The van der Waals surface area contributed by atoms with E-state index in [1.807, 2.05) is 18.2 Å². The zero-order valence-electron chi connectivity index (χ0n) is 13.3. The molecule has 24 heavy (non-hydrogen) atoms. The van der Waals surface area contributed by atoms with Crippen LogP contribution in [0.2, 0.25) is 0 Å². The molecule has 0 spiro atoms. The highest BCUT2D eigenvalue weighted by Crippen LogP contribution is 2.34. The smallest absolute Gasteiger partial charge is 0.337 e. The quantitative estimate of drug-likeness (QED) is 0.460. The fourth-order valence-corrected chi connectivity index (χ4v) is 3.21. The van der Waals surface area contributed by atoms with Crippen molar-refractivity contribution in [1.29, 1.82) is 0 Å². The van der Waals surface area contributed by atoms with Crippen LogP contribution in [0.3, 0.4) is 0 Å². The lowest BCUT2D eigenvalue weighted by molar-refractivity contribution is 0.0601. The highest BCUT2D eigenvalue weighted by atomic mass is 16.5. The van der Waals surface area contributed by atoms with Crippen molar-refractivity contribution in [2.24, 2.45) is 0 Å². The highest BCUT2D eigenvalue weighted by Gasteiger charge is 2.11. The first-order chi connectivity index (χ1) is 11.8. The molecule has 0 aromatic heterocycles. The van der Waals surface area contributed by atoms with Crippen molar-refractivity contribution in [3.8, 4) is 11.1 Å². The standard InChI is InChI=1S/C22H16O2/c1-24-22(23)17-13-12-16-8-5-11-20(21(16)14-17)19-10-4-7-15-6-2-3-9-18(15)19/h2-14H,1H3. The first-order valence-electron chi connectivity index (χ1n) is 7.87. The fourth-order valence-electron chi connectivity index (χ4n) is 3.21. The minimum absolute atomic E-state index is 0.315. The molecule has 0 radical (unpaired) electrons. The van der Waals surface area contributed by atoms with Gasteiger partial charge in [-0.25, -0.2) is 4.79 Å². The monoisotopic (exact) mass is 312 g/mol. The Morgan fingerprint density at radius 1 is 0.708 bits per heavy atom. The van der Waals surface area contributed by atoms with Crippen LogP contribution in [0.25, 0.3) is 32.7 Å². The molecule has 0 saturated carbocycles. The molecule has 0 amide bonds. The predicted octanol–water partition coefficient (Wildman–Crippen LogP) is 5.45. The van der Waals surface area contributed by atoms with Gasteiger partial charge < -0.3 is 4.74 Å². The molecule has 0 heterocycles. The van der Waals surface area contributed by atoms with Crippen LogP contribution in [-0.4, -0.2) is 13.1 Å². The Kier molecular flexibility index (Phi) is 3.51. The van der Waals surface area contributed by atoms with Crippen LogP contribution in [0.4, 0.5) is 0 Å². The summed E-state index contributed by atoms with van der Waals surface area (Å²) in [5.74, 6) is -0.315. The van der Waals surface area contributed by atoms with Gasteiger partial charge in [0.25, 0.3) is 0 Å². The third-order valence-electron chi connectivity index (χ3n) is 4.38. The topological polar surface area (TPSA) is 26.3 Å². The van der Waals surface area contributed by atoms with E-state index in [-0.39, 0.29) is 5.97 Å². The van der Waals surface area contributed by atoms with E-state index in [9.17, 15) is 4.79 Å². The van der Waals surface area contributed by atoms with Crippen LogP contribution >= 0.6 is 0 Å². The fraction of sp³-hybridized carbons (Fsp3) is 0.0455. The van der Waals surface area contributed by atoms with E-state index in [0.717, 1.165) is 16.3 Å². The maximum Gasteiger partial charge on any atom is 0.337 e. The Hall–Kier alpha value is -3.13. The lowest BCUT2D eigenvalue weighted by atomic mass is 9.93. The minimum Gasteiger partial charge on any atom is -0.465 e. The summed E-state index contributed by atoms with van der Waals surface area (Å²) >= 11 is 0. The van der Waals surface area contributed by atoms with Gasteiger partial charge in [-0.3, -0.25) is 0 Å². The van der Waals surface area contributed by atoms with E-state index < -0.39 is 0 Å². The number of esters is 1. The molecule has 0 aliphatic rings. The van der Waals surface area contributed by atoms with E-state index in [4.69, 9.17) is 4.74 Å². The predicted molar refractivity (Wildman–Crippen MR) is 98.2 cm³/mol. The van der Waals surface area contributed by atoms with Gasteiger partial charge in [0.15, 0.2) is 0 Å². The second-order valence-electron chi connectivity index (χ2n) is 5.76. The van der Waals surface area contributed by atoms with Gasteiger partial charge >= 0.3 is 5.97 Å². The number of carbonyl (C=O) groups is 1. The Labute approximate surface area is 140 Å². The molecule has 4 aromatic carbocycles. The summed E-state index contributed by atoms with van der Waals surface area (Å²) in [6.07, 6.45) is 0. The maximum atomic E-state index is 11.9. The van der Waals surface area contributed by atoms with Crippen LogP contribution in [0.1, 0.15) is 10.4 Å². The number of carbonyl (C=O) groups excluding carboxylic acids is 1. The number of benzene rings is 4. The highest BCUT2D eigenvalue weighted by molar-refractivity contribution is 6.07. The van der Waals surface area contributed by atoms with Gasteiger partial charge in [-0.1, -0.05) is 66.7 Å². The van der Waals surface area contributed by atoms with Crippen LogP contribution in [0.15, 0.2) is 78.9 Å². The summed E-state index contributed by atoms with van der Waals surface area (Å²) in [5.41, 5.74) is 2.86. The Bertz CT molecular complexity index is 1060. The second-order valence-corrected chi connectivity index (χ2v) is 5.76. The van der Waals surface area contributed by atoms with Crippen LogP contribution in [-0.2, 0) is 4.74 Å². The molecule has 0 unspecified atom stereocenters. The zero-order valence-corrected chi connectivity index (χ0v) is 13.3. The summed E-state index contributed by atoms with van der Waals surface area (Å²) in [5, 5.41) is 4.57. The molecule has 0 bridgehead atoms. The number of ether oxygens (including phenoxy) is 1. The molecule has 0 atom stereocenters. The molecule has 2 heteroatoms. The molecular formula is C22H16O2. The molecule has 0 N–H and O–H groups in total.